The van der Waals surface area contributed by atoms with Gasteiger partial charge in [0.05, 0.1) is 5.69 Å². The van der Waals surface area contributed by atoms with E-state index in [0.717, 1.165) is 11.3 Å². The number of likely N-dealkylation sites (tertiary alicyclic amines) is 1. The monoisotopic (exact) mass is 357 g/mol. The van der Waals surface area contributed by atoms with Gasteiger partial charge in [-0.2, -0.15) is 0 Å². The minimum atomic E-state index is -0.0553. The molecule has 2 heterocycles. The van der Waals surface area contributed by atoms with Crippen LogP contribution in [0.5, 0.6) is 0 Å². The molecule has 2 amide bonds. The maximum absolute atomic E-state index is 12.5. The van der Waals surface area contributed by atoms with Crippen molar-refractivity contribution < 1.29 is 9.59 Å². The SMILES string of the molecule is CC(C)C(=O)N1CCC(C(=O)Nc2nc(-c3ccccc3)cs2)CC1. The Labute approximate surface area is 152 Å². The van der Waals surface area contributed by atoms with Crippen LogP contribution in [0.15, 0.2) is 35.7 Å². The van der Waals surface area contributed by atoms with Gasteiger partial charge >= 0.3 is 0 Å². The molecule has 6 heteroatoms. The molecule has 25 heavy (non-hydrogen) atoms. The molecule has 0 unspecified atom stereocenters. The Balaban J connectivity index is 1.55. The number of benzene rings is 1. The first kappa shape index (κ1) is 17.6. The van der Waals surface area contributed by atoms with E-state index in [4.69, 9.17) is 0 Å². The summed E-state index contributed by atoms with van der Waals surface area (Å²) < 4.78 is 0. The van der Waals surface area contributed by atoms with Crippen LogP contribution < -0.4 is 5.32 Å². The Kier molecular flexibility index (Phi) is 5.48. The van der Waals surface area contributed by atoms with Crippen LogP contribution in [0.2, 0.25) is 0 Å². The summed E-state index contributed by atoms with van der Waals surface area (Å²) in [6, 6.07) is 9.91. The normalized spacial score (nSPS) is 15.4. The lowest BCUT2D eigenvalue weighted by Gasteiger charge is -2.32. The molecule has 0 saturated carbocycles. The molecule has 2 aromatic rings. The van der Waals surface area contributed by atoms with Crippen LogP contribution in [0, 0.1) is 11.8 Å². The Morgan fingerprint density at radius 1 is 1.20 bits per heavy atom. The van der Waals surface area contributed by atoms with Gasteiger partial charge in [-0.25, -0.2) is 4.98 Å². The molecule has 0 radical (unpaired) electrons. The lowest BCUT2D eigenvalue weighted by molar-refractivity contribution is -0.137. The summed E-state index contributed by atoms with van der Waals surface area (Å²) in [5.74, 6) is 0.134. The molecule has 1 aromatic carbocycles. The van der Waals surface area contributed by atoms with E-state index < -0.39 is 0 Å². The largest absolute Gasteiger partial charge is 0.342 e. The number of anilines is 1. The van der Waals surface area contributed by atoms with Crippen molar-refractivity contribution in [1.29, 1.82) is 0 Å². The molecule has 0 atom stereocenters. The summed E-state index contributed by atoms with van der Waals surface area (Å²) in [5.41, 5.74) is 1.91. The van der Waals surface area contributed by atoms with Gasteiger partial charge in [-0.05, 0) is 12.8 Å². The number of aromatic nitrogens is 1. The molecule has 1 aliphatic heterocycles. The van der Waals surface area contributed by atoms with Crippen molar-refractivity contribution in [3.8, 4) is 11.3 Å². The number of carbonyl (C=O) groups is 2. The second-order valence-corrected chi connectivity index (χ2v) is 7.51. The summed E-state index contributed by atoms with van der Waals surface area (Å²) in [6.07, 6.45) is 1.42. The van der Waals surface area contributed by atoms with Crippen molar-refractivity contribution in [3.63, 3.8) is 0 Å². The third kappa shape index (κ3) is 4.25. The minimum Gasteiger partial charge on any atom is -0.342 e. The maximum atomic E-state index is 12.5. The highest BCUT2D eigenvalue weighted by molar-refractivity contribution is 7.14. The molecule has 5 nitrogen and oxygen atoms in total. The zero-order valence-corrected chi connectivity index (χ0v) is 15.4. The van der Waals surface area contributed by atoms with E-state index in [2.05, 4.69) is 10.3 Å². The van der Waals surface area contributed by atoms with Crippen molar-refractivity contribution in [1.82, 2.24) is 9.88 Å². The summed E-state index contributed by atoms with van der Waals surface area (Å²) in [5, 5.41) is 5.52. The predicted molar refractivity (Wildman–Crippen MR) is 100 cm³/mol. The van der Waals surface area contributed by atoms with E-state index in [9.17, 15) is 9.59 Å². The molecule has 0 aliphatic carbocycles. The van der Waals surface area contributed by atoms with Gasteiger partial charge in [0, 0.05) is 35.9 Å². The molecule has 1 saturated heterocycles. The molecule has 1 N–H and O–H groups in total. The van der Waals surface area contributed by atoms with Crippen LogP contribution in [0.4, 0.5) is 5.13 Å². The predicted octanol–water partition coefficient (Wildman–Crippen LogP) is 3.64. The second-order valence-electron chi connectivity index (χ2n) is 6.65. The smallest absolute Gasteiger partial charge is 0.229 e. The van der Waals surface area contributed by atoms with E-state index in [-0.39, 0.29) is 23.7 Å². The van der Waals surface area contributed by atoms with Gasteiger partial charge in [-0.1, -0.05) is 44.2 Å². The third-order valence-corrected chi connectivity index (χ3v) is 5.23. The van der Waals surface area contributed by atoms with Crippen molar-refractivity contribution in [2.75, 3.05) is 18.4 Å². The summed E-state index contributed by atoms with van der Waals surface area (Å²) in [7, 11) is 0. The van der Waals surface area contributed by atoms with Gasteiger partial charge in [-0.15, -0.1) is 11.3 Å². The zero-order chi connectivity index (χ0) is 17.8. The van der Waals surface area contributed by atoms with Crippen molar-refractivity contribution >= 4 is 28.3 Å². The molecular weight excluding hydrogens is 334 g/mol. The summed E-state index contributed by atoms with van der Waals surface area (Å²) in [6.45, 7) is 5.13. The van der Waals surface area contributed by atoms with Gasteiger partial charge in [-0.3, -0.25) is 9.59 Å². The summed E-state index contributed by atoms with van der Waals surface area (Å²) in [4.78, 5) is 30.9. The number of piperidine rings is 1. The molecule has 1 aromatic heterocycles. The van der Waals surface area contributed by atoms with E-state index in [0.29, 0.717) is 31.1 Å². The van der Waals surface area contributed by atoms with Crippen molar-refractivity contribution in [2.24, 2.45) is 11.8 Å². The fourth-order valence-electron chi connectivity index (χ4n) is 3.01. The average molecular weight is 357 g/mol. The fraction of sp³-hybridized carbons (Fsp3) is 0.421. The highest BCUT2D eigenvalue weighted by atomic mass is 32.1. The van der Waals surface area contributed by atoms with Gasteiger partial charge in [0.25, 0.3) is 0 Å². The summed E-state index contributed by atoms with van der Waals surface area (Å²) >= 11 is 1.44. The molecule has 1 fully saturated rings. The van der Waals surface area contributed by atoms with Crippen molar-refractivity contribution in [2.45, 2.75) is 26.7 Å². The van der Waals surface area contributed by atoms with E-state index in [1.807, 2.05) is 54.5 Å². The first-order chi connectivity index (χ1) is 12.0. The first-order valence-electron chi connectivity index (χ1n) is 8.65. The number of nitrogens with zero attached hydrogens (tertiary/aromatic N) is 2. The highest BCUT2D eigenvalue weighted by Gasteiger charge is 2.28. The first-order valence-corrected chi connectivity index (χ1v) is 9.53. The molecule has 3 rings (SSSR count). The van der Waals surface area contributed by atoms with Crippen LogP contribution in [-0.4, -0.2) is 34.8 Å². The van der Waals surface area contributed by atoms with Crippen LogP contribution in [-0.2, 0) is 9.59 Å². The number of amides is 2. The van der Waals surface area contributed by atoms with E-state index in [1.54, 1.807) is 0 Å². The lowest BCUT2D eigenvalue weighted by Crippen LogP contribution is -2.43. The van der Waals surface area contributed by atoms with Crippen LogP contribution in [0.25, 0.3) is 11.3 Å². The number of carbonyl (C=O) groups excluding carboxylic acids is 2. The van der Waals surface area contributed by atoms with Crippen LogP contribution in [0.3, 0.4) is 0 Å². The highest BCUT2D eigenvalue weighted by Crippen LogP contribution is 2.26. The van der Waals surface area contributed by atoms with Crippen molar-refractivity contribution in [3.05, 3.63) is 35.7 Å². The average Bonchev–Trinajstić information content (AvgIpc) is 3.10. The lowest BCUT2D eigenvalue weighted by atomic mass is 9.95. The molecule has 1 aliphatic rings. The minimum absolute atomic E-state index is 0.00519. The number of rotatable bonds is 4. The number of hydrogen-bond acceptors (Lipinski definition) is 4. The second kappa shape index (κ2) is 7.78. The Morgan fingerprint density at radius 3 is 2.52 bits per heavy atom. The molecule has 0 bridgehead atoms. The van der Waals surface area contributed by atoms with Gasteiger partial charge in [0.1, 0.15) is 0 Å². The fourth-order valence-corrected chi connectivity index (χ4v) is 3.73. The van der Waals surface area contributed by atoms with Gasteiger partial charge < -0.3 is 10.2 Å². The topological polar surface area (TPSA) is 62.3 Å². The van der Waals surface area contributed by atoms with Crippen LogP contribution >= 0.6 is 11.3 Å². The maximum Gasteiger partial charge on any atom is 0.229 e. The Hall–Kier alpha value is -2.21. The zero-order valence-electron chi connectivity index (χ0n) is 14.6. The quantitative estimate of drug-likeness (QED) is 0.909. The van der Waals surface area contributed by atoms with Gasteiger partial charge in [0.2, 0.25) is 11.8 Å². The van der Waals surface area contributed by atoms with E-state index >= 15 is 0 Å². The van der Waals surface area contributed by atoms with Crippen LogP contribution in [0.1, 0.15) is 26.7 Å². The standard InChI is InChI=1S/C19H23N3O2S/c1-13(2)18(24)22-10-8-15(9-11-22)17(23)21-19-20-16(12-25-19)14-6-4-3-5-7-14/h3-7,12-13,15H,8-11H2,1-2H3,(H,20,21,23). The number of hydrogen-bond donors (Lipinski definition) is 1. The Morgan fingerprint density at radius 2 is 1.88 bits per heavy atom. The number of nitrogens with one attached hydrogen (secondary N) is 1. The van der Waals surface area contributed by atoms with E-state index in [1.165, 1.54) is 11.3 Å². The molecule has 0 spiro atoms. The number of thiazole rings is 1. The van der Waals surface area contributed by atoms with Gasteiger partial charge in [0.15, 0.2) is 5.13 Å². The molecular formula is C19H23N3O2S. The molecule has 132 valence electrons. The third-order valence-electron chi connectivity index (χ3n) is 4.48. The Bertz CT molecular complexity index is 734.